The SMILES string of the molecule is CC(C)(O)C1CCCN(c2cccc(Cn3cc4c(c3O)C(=NC(=O)Oc3ccc(Cl)s3)C=CC4)c2)C1=O. The van der Waals surface area contributed by atoms with E-state index in [1.807, 2.05) is 36.5 Å². The molecule has 0 radical (unpaired) electrons. The van der Waals surface area contributed by atoms with Gasteiger partial charge in [-0.15, -0.1) is 0 Å². The minimum Gasteiger partial charge on any atom is -0.494 e. The quantitative estimate of drug-likeness (QED) is 0.430. The first-order valence-electron chi connectivity index (χ1n) is 12.4. The monoisotopic (exact) mass is 553 g/mol. The number of aromatic hydroxyl groups is 1. The summed E-state index contributed by atoms with van der Waals surface area (Å²) in [6.45, 7) is 4.30. The Morgan fingerprint density at radius 1 is 1.29 bits per heavy atom. The largest absolute Gasteiger partial charge is 0.494 e. The molecule has 1 fully saturated rings. The Kier molecular flexibility index (Phi) is 7.17. The predicted molar refractivity (Wildman–Crippen MR) is 148 cm³/mol. The fourth-order valence-corrected chi connectivity index (χ4v) is 5.86. The number of nitrogens with zero attached hydrogens (tertiary/aromatic N) is 3. The highest BCUT2D eigenvalue weighted by molar-refractivity contribution is 7.17. The molecule has 2 aliphatic rings. The molecular weight excluding hydrogens is 526 g/mol. The number of hydrogen-bond acceptors (Lipinski definition) is 6. The molecule has 0 spiro atoms. The number of rotatable bonds is 5. The van der Waals surface area contributed by atoms with E-state index >= 15 is 0 Å². The van der Waals surface area contributed by atoms with E-state index < -0.39 is 17.6 Å². The Labute approximate surface area is 229 Å². The highest BCUT2D eigenvalue weighted by Crippen LogP contribution is 2.33. The molecule has 2 aromatic heterocycles. The zero-order valence-corrected chi connectivity index (χ0v) is 22.6. The van der Waals surface area contributed by atoms with Crippen molar-refractivity contribution < 1.29 is 24.5 Å². The minimum atomic E-state index is -1.08. The minimum absolute atomic E-state index is 0.00314. The van der Waals surface area contributed by atoms with Gasteiger partial charge in [0.25, 0.3) is 0 Å². The van der Waals surface area contributed by atoms with Crippen molar-refractivity contribution in [2.75, 3.05) is 11.4 Å². The summed E-state index contributed by atoms with van der Waals surface area (Å²) in [5, 5.41) is 21.9. The summed E-state index contributed by atoms with van der Waals surface area (Å²) in [4.78, 5) is 31.3. The number of carbonyl (C=O) groups is 2. The van der Waals surface area contributed by atoms with Crippen LogP contribution >= 0.6 is 22.9 Å². The molecule has 1 aliphatic heterocycles. The number of hydrogen-bond donors (Lipinski definition) is 2. The molecule has 1 aliphatic carbocycles. The third-order valence-electron chi connectivity index (χ3n) is 6.81. The fourth-order valence-electron chi connectivity index (χ4n) is 5.00. The van der Waals surface area contributed by atoms with Crippen LogP contribution in [0.1, 0.15) is 43.4 Å². The topological polar surface area (TPSA) is 104 Å². The van der Waals surface area contributed by atoms with Crippen LogP contribution in [-0.2, 0) is 17.8 Å². The molecule has 3 aromatic rings. The van der Waals surface area contributed by atoms with Crippen molar-refractivity contribution in [2.24, 2.45) is 10.9 Å². The molecule has 38 heavy (non-hydrogen) atoms. The second kappa shape index (κ2) is 10.4. The fraction of sp³-hybridized carbons (Fsp3) is 0.321. The maximum absolute atomic E-state index is 13.1. The van der Waals surface area contributed by atoms with E-state index in [1.165, 1.54) is 0 Å². The van der Waals surface area contributed by atoms with Crippen molar-refractivity contribution in [1.82, 2.24) is 4.57 Å². The number of halogens is 1. The van der Waals surface area contributed by atoms with Crippen LogP contribution < -0.4 is 9.64 Å². The molecule has 0 bridgehead atoms. The zero-order valence-electron chi connectivity index (χ0n) is 21.1. The summed E-state index contributed by atoms with van der Waals surface area (Å²) in [5.74, 6) is -0.533. The van der Waals surface area contributed by atoms with Crippen molar-refractivity contribution in [3.05, 3.63) is 75.8 Å². The van der Waals surface area contributed by atoms with Gasteiger partial charge in [0.05, 0.1) is 33.7 Å². The number of thiophene rings is 1. The van der Waals surface area contributed by atoms with Crippen molar-refractivity contribution in [3.8, 4) is 10.9 Å². The maximum atomic E-state index is 13.1. The number of allylic oxidation sites excluding steroid dienone is 2. The lowest BCUT2D eigenvalue weighted by atomic mass is 9.83. The average Bonchev–Trinajstić information content (AvgIpc) is 3.41. The molecular formula is C28H28ClN3O5S. The van der Waals surface area contributed by atoms with Crippen LogP contribution in [-0.4, -0.2) is 44.6 Å². The van der Waals surface area contributed by atoms with E-state index in [0.29, 0.717) is 46.6 Å². The zero-order chi connectivity index (χ0) is 27.0. The van der Waals surface area contributed by atoms with Gasteiger partial charge in [0, 0.05) is 18.4 Å². The van der Waals surface area contributed by atoms with Crippen molar-refractivity contribution >= 4 is 46.3 Å². The van der Waals surface area contributed by atoms with E-state index in [1.54, 1.807) is 41.5 Å². The van der Waals surface area contributed by atoms with E-state index in [9.17, 15) is 19.8 Å². The van der Waals surface area contributed by atoms with Gasteiger partial charge in [-0.2, -0.15) is 4.99 Å². The number of benzene rings is 1. The second-order valence-electron chi connectivity index (χ2n) is 10.0. The summed E-state index contributed by atoms with van der Waals surface area (Å²) in [6.07, 6.45) is 6.67. The van der Waals surface area contributed by atoms with Gasteiger partial charge in [-0.05, 0) is 74.6 Å². The van der Waals surface area contributed by atoms with Gasteiger partial charge in [0.2, 0.25) is 11.8 Å². The molecule has 3 heterocycles. The first-order chi connectivity index (χ1) is 18.1. The summed E-state index contributed by atoms with van der Waals surface area (Å²) in [6, 6.07) is 10.9. The van der Waals surface area contributed by atoms with Gasteiger partial charge in [-0.3, -0.25) is 4.79 Å². The van der Waals surface area contributed by atoms with Crippen LogP contribution in [0.15, 0.2) is 59.7 Å². The summed E-state index contributed by atoms with van der Waals surface area (Å²) in [7, 11) is 0. The predicted octanol–water partition coefficient (Wildman–Crippen LogP) is 5.57. The third-order valence-corrected chi connectivity index (χ3v) is 7.92. The highest BCUT2D eigenvalue weighted by atomic mass is 35.5. The average molecular weight is 554 g/mol. The van der Waals surface area contributed by atoms with Crippen molar-refractivity contribution in [1.29, 1.82) is 0 Å². The van der Waals surface area contributed by atoms with Crippen LogP contribution in [0, 0.1) is 5.92 Å². The molecule has 2 amide bonds. The van der Waals surface area contributed by atoms with E-state index in [4.69, 9.17) is 16.3 Å². The first-order valence-corrected chi connectivity index (χ1v) is 13.6. The smallest absolute Gasteiger partial charge is 0.440 e. The van der Waals surface area contributed by atoms with Crippen LogP contribution in [0.5, 0.6) is 10.9 Å². The van der Waals surface area contributed by atoms with E-state index in [0.717, 1.165) is 34.6 Å². The van der Waals surface area contributed by atoms with Crippen molar-refractivity contribution in [2.45, 2.75) is 45.3 Å². The van der Waals surface area contributed by atoms with E-state index in [2.05, 4.69) is 4.99 Å². The molecule has 1 unspecified atom stereocenters. The maximum Gasteiger partial charge on any atom is 0.440 e. The third kappa shape index (κ3) is 5.41. The molecule has 2 N–H and O–H groups in total. The van der Waals surface area contributed by atoms with Gasteiger partial charge in [0.1, 0.15) is 0 Å². The number of carbonyl (C=O) groups excluding carboxylic acids is 2. The molecule has 10 heteroatoms. The number of anilines is 1. The lowest BCUT2D eigenvalue weighted by Gasteiger charge is -2.38. The Morgan fingerprint density at radius 2 is 2.11 bits per heavy atom. The number of amides is 2. The molecule has 1 atom stereocenters. The number of ether oxygens (including phenoxy) is 1. The number of fused-ring (bicyclic) bond motifs is 1. The number of aliphatic imine (C=N–C) groups is 1. The number of piperidine rings is 1. The van der Waals surface area contributed by atoms with Gasteiger partial charge in [0.15, 0.2) is 5.06 Å². The van der Waals surface area contributed by atoms with E-state index in [-0.39, 0.29) is 11.8 Å². The molecule has 1 aromatic carbocycles. The van der Waals surface area contributed by atoms with Gasteiger partial charge in [-0.25, -0.2) is 4.79 Å². The normalized spacial score (nSPS) is 18.6. The van der Waals surface area contributed by atoms with Gasteiger partial charge >= 0.3 is 6.09 Å². The Bertz CT molecular complexity index is 1450. The first kappa shape index (κ1) is 26.2. The van der Waals surface area contributed by atoms with Gasteiger partial charge < -0.3 is 24.4 Å². The summed E-state index contributed by atoms with van der Waals surface area (Å²) in [5.41, 5.74) is 2.22. The second-order valence-corrected chi connectivity index (χ2v) is 11.7. The standard InChI is InChI=1S/C28H28ClN3O5S/c1-28(2,36)20-9-5-13-32(25(20)33)19-8-3-6-17(14-19)15-31-16-18-7-4-10-21(24(18)26(31)34)30-27(35)37-23-12-11-22(29)38-23/h3-4,6,8,10-12,14,16,20,34,36H,5,7,9,13,15H2,1-2H3. The van der Waals surface area contributed by atoms with Crippen LogP contribution in [0.25, 0.3) is 0 Å². The summed E-state index contributed by atoms with van der Waals surface area (Å²) < 4.78 is 7.44. The van der Waals surface area contributed by atoms with Crippen LogP contribution in [0.2, 0.25) is 4.34 Å². The lowest BCUT2D eigenvalue weighted by Crippen LogP contribution is -2.49. The lowest BCUT2D eigenvalue weighted by molar-refractivity contribution is -0.131. The highest BCUT2D eigenvalue weighted by Gasteiger charge is 2.39. The molecule has 8 nitrogen and oxygen atoms in total. The number of aromatic nitrogens is 1. The van der Waals surface area contributed by atoms with Crippen LogP contribution in [0.4, 0.5) is 10.5 Å². The molecule has 198 valence electrons. The van der Waals surface area contributed by atoms with Crippen LogP contribution in [0.3, 0.4) is 0 Å². The molecule has 1 saturated heterocycles. The molecule has 5 rings (SSSR count). The van der Waals surface area contributed by atoms with Gasteiger partial charge in [-0.1, -0.05) is 41.1 Å². The Hall–Kier alpha value is -3.40. The Morgan fingerprint density at radius 3 is 2.84 bits per heavy atom. The number of aliphatic hydroxyl groups is 1. The summed E-state index contributed by atoms with van der Waals surface area (Å²) >= 11 is 7.02. The van der Waals surface area contributed by atoms with Crippen molar-refractivity contribution in [3.63, 3.8) is 0 Å². The molecule has 0 saturated carbocycles. The Balaban J connectivity index is 1.36.